The van der Waals surface area contributed by atoms with Crippen LogP contribution >= 0.6 is 0 Å². The Kier molecular flexibility index (Phi) is 5.42. The van der Waals surface area contributed by atoms with Crippen molar-refractivity contribution in [3.63, 3.8) is 0 Å². The molecule has 33 heavy (non-hydrogen) atoms. The van der Waals surface area contributed by atoms with Gasteiger partial charge in [-0.2, -0.15) is 0 Å². The zero-order valence-corrected chi connectivity index (χ0v) is 19.9. The molecule has 5 aliphatic carbocycles. The lowest BCUT2D eigenvalue weighted by atomic mass is 9.48. The van der Waals surface area contributed by atoms with E-state index in [0.29, 0.717) is 22.8 Å². The van der Waals surface area contributed by atoms with Crippen molar-refractivity contribution in [3.8, 4) is 5.75 Å². The SMILES string of the molecule is CC(NC(=O)c1cccc(OC2CCN(C(=O)C3CC3)CC2)c1)C12CC3CC(CC(C3)C1)C2. The van der Waals surface area contributed by atoms with Gasteiger partial charge >= 0.3 is 0 Å². The third-order valence-corrected chi connectivity index (χ3v) is 9.43. The average molecular weight is 451 g/mol. The summed E-state index contributed by atoms with van der Waals surface area (Å²) in [5, 5.41) is 3.38. The van der Waals surface area contributed by atoms with E-state index in [9.17, 15) is 9.59 Å². The highest BCUT2D eigenvalue weighted by Gasteiger charge is 2.53. The maximum atomic E-state index is 13.2. The van der Waals surface area contributed by atoms with Gasteiger partial charge in [0.05, 0.1) is 0 Å². The molecule has 1 aromatic rings. The van der Waals surface area contributed by atoms with Crippen molar-refractivity contribution in [3.05, 3.63) is 29.8 Å². The molecule has 0 spiro atoms. The molecule has 1 unspecified atom stereocenters. The van der Waals surface area contributed by atoms with Crippen molar-refractivity contribution >= 4 is 11.8 Å². The van der Waals surface area contributed by atoms with Crippen molar-refractivity contribution in [2.45, 2.75) is 83.3 Å². The van der Waals surface area contributed by atoms with Crippen LogP contribution in [0, 0.1) is 29.1 Å². The van der Waals surface area contributed by atoms with Crippen LogP contribution in [0.15, 0.2) is 24.3 Å². The predicted molar refractivity (Wildman–Crippen MR) is 127 cm³/mol. The Bertz CT molecular complexity index is 880. The van der Waals surface area contributed by atoms with E-state index in [1.807, 2.05) is 29.2 Å². The van der Waals surface area contributed by atoms with Gasteiger partial charge in [-0.25, -0.2) is 0 Å². The fourth-order valence-corrected chi connectivity index (χ4v) is 7.83. The molecule has 1 N–H and O–H groups in total. The maximum absolute atomic E-state index is 13.2. The molecule has 2 amide bonds. The first-order chi connectivity index (χ1) is 16.0. The summed E-state index contributed by atoms with van der Waals surface area (Å²) in [6.45, 7) is 3.80. The number of piperidine rings is 1. The second-order valence-corrected chi connectivity index (χ2v) is 11.9. The van der Waals surface area contributed by atoms with Crippen LogP contribution in [-0.4, -0.2) is 41.9 Å². The second-order valence-electron chi connectivity index (χ2n) is 11.9. The molecule has 4 bridgehead atoms. The van der Waals surface area contributed by atoms with Gasteiger partial charge in [0.15, 0.2) is 0 Å². The minimum Gasteiger partial charge on any atom is -0.490 e. The van der Waals surface area contributed by atoms with Crippen LogP contribution in [0.3, 0.4) is 0 Å². The van der Waals surface area contributed by atoms with Gasteiger partial charge in [-0.15, -0.1) is 0 Å². The number of hydrogen-bond acceptors (Lipinski definition) is 3. The third kappa shape index (κ3) is 4.28. The molecule has 5 heteroatoms. The molecular weight excluding hydrogens is 412 g/mol. The molecular formula is C28H38N2O3. The summed E-state index contributed by atoms with van der Waals surface area (Å²) < 4.78 is 6.24. The fraction of sp³-hybridized carbons (Fsp3) is 0.714. The van der Waals surface area contributed by atoms with Gasteiger partial charge in [0.2, 0.25) is 5.91 Å². The molecule has 0 aromatic heterocycles. The van der Waals surface area contributed by atoms with Crippen molar-refractivity contribution in [2.24, 2.45) is 29.1 Å². The molecule has 7 rings (SSSR count). The third-order valence-electron chi connectivity index (χ3n) is 9.43. The average Bonchev–Trinajstić information content (AvgIpc) is 3.64. The van der Waals surface area contributed by atoms with Crippen LogP contribution in [0.1, 0.15) is 81.5 Å². The molecule has 5 saturated carbocycles. The smallest absolute Gasteiger partial charge is 0.251 e. The first-order valence-electron chi connectivity index (χ1n) is 13.3. The summed E-state index contributed by atoms with van der Waals surface area (Å²) in [7, 11) is 0. The lowest BCUT2D eigenvalue weighted by molar-refractivity contribution is -0.134. The predicted octanol–water partition coefficient (Wildman–Crippen LogP) is 4.80. The number of likely N-dealkylation sites (tertiary alicyclic amines) is 1. The van der Waals surface area contributed by atoms with Gasteiger partial charge in [-0.1, -0.05) is 6.07 Å². The van der Waals surface area contributed by atoms with Gasteiger partial charge in [0.25, 0.3) is 5.91 Å². The zero-order chi connectivity index (χ0) is 22.6. The minimum atomic E-state index is 0.0218. The van der Waals surface area contributed by atoms with Crippen LogP contribution in [-0.2, 0) is 4.79 Å². The summed E-state index contributed by atoms with van der Waals surface area (Å²) in [4.78, 5) is 27.5. The van der Waals surface area contributed by atoms with Gasteiger partial charge in [0.1, 0.15) is 11.9 Å². The standard InChI is InChI=1S/C28H38N2O3/c1-18(28-15-19-11-20(16-28)13-21(12-19)17-28)29-26(31)23-3-2-4-25(14-23)33-24-7-9-30(10-8-24)27(32)22-5-6-22/h2-4,14,18-22,24H,5-13,15-17H2,1H3,(H,29,31). The van der Waals surface area contributed by atoms with E-state index in [4.69, 9.17) is 4.74 Å². The number of hydrogen-bond donors (Lipinski definition) is 1. The van der Waals surface area contributed by atoms with E-state index >= 15 is 0 Å². The topological polar surface area (TPSA) is 58.6 Å². The number of rotatable bonds is 6. The Labute approximate surface area is 197 Å². The lowest BCUT2D eigenvalue weighted by Gasteiger charge is -2.59. The molecule has 1 aliphatic heterocycles. The number of ether oxygens (including phenoxy) is 1. The van der Waals surface area contributed by atoms with Crippen molar-refractivity contribution in [1.29, 1.82) is 0 Å². The Balaban J connectivity index is 1.05. The first-order valence-corrected chi connectivity index (χ1v) is 13.3. The van der Waals surface area contributed by atoms with E-state index in [1.54, 1.807) is 0 Å². The van der Waals surface area contributed by atoms with Crippen LogP contribution in [0.2, 0.25) is 0 Å². The lowest BCUT2D eigenvalue weighted by Crippen LogP contribution is -2.55. The van der Waals surface area contributed by atoms with E-state index in [2.05, 4.69) is 12.2 Å². The summed E-state index contributed by atoms with van der Waals surface area (Å²) in [5.41, 5.74) is 0.995. The van der Waals surface area contributed by atoms with E-state index in [1.165, 1.54) is 38.5 Å². The first kappa shape index (κ1) is 21.5. The minimum absolute atomic E-state index is 0.0218. The Morgan fingerprint density at radius 3 is 2.24 bits per heavy atom. The van der Waals surface area contributed by atoms with Crippen molar-refractivity contribution in [2.75, 3.05) is 13.1 Å². The normalized spacial score (nSPS) is 34.2. The number of nitrogens with zero attached hydrogens (tertiary/aromatic N) is 1. The van der Waals surface area contributed by atoms with E-state index in [0.717, 1.165) is 62.3 Å². The van der Waals surface area contributed by atoms with Crippen molar-refractivity contribution < 1.29 is 14.3 Å². The number of nitrogens with one attached hydrogen (secondary N) is 1. The van der Waals surface area contributed by atoms with Gasteiger partial charge in [-0.05, 0) is 99.7 Å². The number of carbonyl (C=O) groups excluding carboxylic acids is 2. The molecule has 5 nitrogen and oxygen atoms in total. The summed E-state index contributed by atoms with van der Waals surface area (Å²) in [6.07, 6.45) is 12.1. The Hall–Kier alpha value is -2.04. The summed E-state index contributed by atoms with van der Waals surface area (Å²) >= 11 is 0. The summed E-state index contributed by atoms with van der Waals surface area (Å²) in [5.74, 6) is 4.07. The van der Waals surface area contributed by atoms with Gasteiger partial charge in [-0.3, -0.25) is 9.59 Å². The second kappa shape index (κ2) is 8.32. The van der Waals surface area contributed by atoms with Crippen LogP contribution < -0.4 is 10.1 Å². The molecule has 6 aliphatic rings. The molecule has 1 atom stereocenters. The van der Waals surface area contributed by atoms with E-state index < -0.39 is 0 Å². The molecule has 178 valence electrons. The fourth-order valence-electron chi connectivity index (χ4n) is 7.83. The monoisotopic (exact) mass is 450 g/mol. The highest BCUT2D eigenvalue weighted by molar-refractivity contribution is 5.94. The van der Waals surface area contributed by atoms with Gasteiger partial charge < -0.3 is 15.0 Å². The van der Waals surface area contributed by atoms with Crippen LogP contribution in [0.25, 0.3) is 0 Å². The van der Waals surface area contributed by atoms with E-state index in [-0.39, 0.29) is 18.1 Å². The molecule has 1 heterocycles. The van der Waals surface area contributed by atoms with Crippen molar-refractivity contribution in [1.82, 2.24) is 10.2 Å². The quantitative estimate of drug-likeness (QED) is 0.677. The maximum Gasteiger partial charge on any atom is 0.251 e. The largest absolute Gasteiger partial charge is 0.490 e. The van der Waals surface area contributed by atoms with Crippen LogP contribution in [0.5, 0.6) is 5.75 Å². The molecule has 1 saturated heterocycles. The number of carbonyl (C=O) groups is 2. The van der Waals surface area contributed by atoms with Gasteiger partial charge in [0, 0.05) is 43.5 Å². The number of benzene rings is 1. The molecule has 1 aromatic carbocycles. The molecule has 0 radical (unpaired) electrons. The summed E-state index contributed by atoms with van der Waals surface area (Å²) in [6, 6.07) is 7.87. The Morgan fingerprint density at radius 1 is 1.00 bits per heavy atom. The number of amides is 2. The highest BCUT2D eigenvalue weighted by Crippen LogP contribution is 2.61. The molecule has 6 fully saturated rings. The van der Waals surface area contributed by atoms with Crippen LogP contribution in [0.4, 0.5) is 0 Å². The zero-order valence-electron chi connectivity index (χ0n) is 19.9. The highest BCUT2D eigenvalue weighted by atomic mass is 16.5. The Morgan fingerprint density at radius 2 is 1.64 bits per heavy atom.